The van der Waals surface area contributed by atoms with Crippen LogP contribution in [0, 0.1) is 13.8 Å². The summed E-state index contributed by atoms with van der Waals surface area (Å²) in [5.41, 5.74) is 3.25. The van der Waals surface area contributed by atoms with E-state index in [1.54, 1.807) is 42.8 Å². The highest BCUT2D eigenvalue weighted by Crippen LogP contribution is 2.27. The highest BCUT2D eigenvalue weighted by molar-refractivity contribution is 6.04. The molecule has 0 bridgehead atoms. The van der Waals surface area contributed by atoms with Crippen LogP contribution in [-0.4, -0.2) is 69.5 Å². The molecule has 3 rings (SSSR count). The number of hydrogen-bond donors (Lipinski definition) is 2. The Morgan fingerprint density at radius 2 is 1.90 bits per heavy atom. The van der Waals surface area contributed by atoms with Crippen molar-refractivity contribution in [3.63, 3.8) is 0 Å². The first-order valence-corrected chi connectivity index (χ1v) is 12.0. The fourth-order valence-electron chi connectivity index (χ4n) is 3.65. The third-order valence-electron chi connectivity index (χ3n) is 5.62. The molecule has 0 atom stereocenters. The quantitative estimate of drug-likeness (QED) is 0.171. The number of esters is 1. The molecule has 3 aromatic rings. The third-order valence-corrected chi connectivity index (χ3v) is 5.62. The molecule has 13 nitrogen and oxygen atoms in total. The molecule has 0 unspecified atom stereocenters. The lowest BCUT2D eigenvalue weighted by atomic mass is 10.1. The minimum Gasteiger partial charge on any atom is -0.425 e. The number of carbonyl (C=O) groups excluding carboxylic acids is 5. The van der Waals surface area contributed by atoms with Crippen LogP contribution in [0.3, 0.4) is 0 Å². The van der Waals surface area contributed by atoms with Crippen molar-refractivity contribution in [3.05, 3.63) is 65.1 Å². The Bertz CT molecular complexity index is 1450. The van der Waals surface area contributed by atoms with Gasteiger partial charge in [-0.1, -0.05) is 6.07 Å². The maximum atomic E-state index is 13.1. The molecule has 0 fully saturated rings. The molecule has 3 amide bonds. The zero-order chi connectivity index (χ0) is 28.5. The van der Waals surface area contributed by atoms with E-state index >= 15 is 0 Å². The molecule has 0 spiro atoms. The van der Waals surface area contributed by atoms with Crippen LogP contribution in [0.4, 0.5) is 16.3 Å². The highest BCUT2D eigenvalue weighted by atomic mass is 16.7. The van der Waals surface area contributed by atoms with Gasteiger partial charge in [-0.3, -0.25) is 14.4 Å². The van der Waals surface area contributed by atoms with Gasteiger partial charge in [0, 0.05) is 36.6 Å². The maximum Gasteiger partial charge on any atom is 0.419 e. The van der Waals surface area contributed by atoms with E-state index in [2.05, 4.69) is 25.5 Å². The van der Waals surface area contributed by atoms with E-state index in [1.807, 2.05) is 13.8 Å². The van der Waals surface area contributed by atoms with E-state index in [1.165, 1.54) is 6.33 Å². The molecule has 0 aliphatic rings. The van der Waals surface area contributed by atoms with Crippen LogP contribution in [-0.2, 0) is 19.1 Å². The number of amides is 3. The first-order valence-electron chi connectivity index (χ1n) is 12.0. The summed E-state index contributed by atoms with van der Waals surface area (Å²) in [5, 5.41) is 10.2. The van der Waals surface area contributed by atoms with Crippen LogP contribution in [0.1, 0.15) is 45.7 Å². The van der Waals surface area contributed by atoms with Crippen molar-refractivity contribution in [2.45, 2.75) is 27.7 Å². The van der Waals surface area contributed by atoms with Crippen LogP contribution in [0.2, 0.25) is 0 Å². The molecule has 0 aliphatic heterocycles. The number of aryl methyl sites for hydroxylation is 2. The van der Waals surface area contributed by atoms with Crippen molar-refractivity contribution < 1.29 is 33.4 Å². The van der Waals surface area contributed by atoms with Crippen LogP contribution >= 0.6 is 0 Å². The van der Waals surface area contributed by atoms with Gasteiger partial charge in [0.15, 0.2) is 5.82 Å². The largest absolute Gasteiger partial charge is 0.425 e. The number of rotatable bonds is 10. The lowest BCUT2D eigenvalue weighted by Gasteiger charge is -2.19. The molecule has 39 heavy (non-hydrogen) atoms. The maximum absolute atomic E-state index is 13.1. The number of imide groups is 1. The predicted molar refractivity (Wildman–Crippen MR) is 140 cm³/mol. The summed E-state index contributed by atoms with van der Waals surface area (Å²) in [5.74, 6) is -1.33. The zero-order valence-corrected chi connectivity index (χ0v) is 21.9. The lowest BCUT2D eigenvalue weighted by Crippen LogP contribution is -2.37. The summed E-state index contributed by atoms with van der Waals surface area (Å²) in [6, 6.07) is 4.84. The minimum absolute atomic E-state index is 0.00816. The van der Waals surface area contributed by atoms with Gasteiger partial charge < -0.3 is 20.1 Å². The topological polar surface area (TPSA) is 161 Å². The number of aldehydes is 1. The number of anilines is 2. The van der Waals surface area contributed by atoms with Crippen molar-refractivity contribution >= 4 is 47.2 Å². The molecule has 2 aromatic heterocycles. The average Bonchev–Trinajstić information content (AvgIpc) is 3.26. The Kier molecular flexibility index (Phi) is 9.46. The van der Waals surface area contributed by atoms with E-state index in [9.17, 15) is 24.0 Å². The van der Waals surface area contributed by atoms with Crippen molar-refractivity contribution in [1.82, 2.24) is 24.8 Å². The van der Waals surface area contributed by atoms with E-state index in [0.29, 0.717) is 41.0 Å². The molecule has 13 heteroatoms. The van der Waals surface area contributed by atoms with Crippen LogP contribution < -0.4 is 10.6 Å². The second-order valence-corrected chi connectivity index (χ2v) is 8.12. The van der Waals surface area contributed by atoms with Crippen molar-refractivity contribution in [2.75, 3.05) is 25.2 Å². The lowest BCUT2D eigenvalue weighted by molar-refractivity contribution is -0.146. The van der Waals surface area contributed by atoms with Gasteiger partial charge in [0.1, 0.15) is 18.1 Å². The minimum atomic E-state index is -1.01. The number of nitrogens with zero attached hydrogens (tertiary/aromatic N) is 4. The fraction of sp³-hybridized carbons (Fsp3) is 0.269. The molecular formula is C26H28N6O7. The molecular weight excluding hydrogens is 508 g/mol. The first-order chi connectivity index (χ1) is 18.7. The van der Waals surface area contributed by atoms with Crippen molar-refractivity contribution in [2.24, 2.45) is 0 Å². The Morgan fingerprint density at radius 3 is 2.59 bits per heavy atom. The normalized spacial score (nSPS) is 10.8. The van der Waals surface area contributed by atoms with E-state index in [-0.39, 0.29) is 18.0 Å². The molecule has 2 heterocycles. The Hall–Kier alpha value is -5.07. The summed E-state index contributed by atoms with van der Waals surface area (Å²) in [7, 11) is 0. The summed E-state index contributed by atoms with van der Waals surface area (Å²) in [6.07, 6.45) is 4.15. The second kappa shape index (κ2) is 12.9. The smallest absolute Gasteiger partial charge is 0.419 e. The number of ether oxygens (including phenoxy) is 2. The number of allylic oxidation sites excluding steroid dienone is 1. The van der Waals surface area contributed by atoms with Crippen molar-refractivity contribution in [3.8, 4) is 0 Å². The predicted octanol–water partition coefficient (Wildman–Crippen LogP) is 2.69. The number of aromatic nitrogens is 3. The first kappa shape index (κ1) is 28.5. The zero-order valence-electron chi connectivity index (χ0n) is 21.9. The van der Waals surface area contributed by atoms with Crippen molar-refractivity contribution in [1.29, 1.82) is 0 Å². The molecule has 0 radical (unpaired) electrons. The fourth-order valence-corrected chi connectivity index (χ4v) is 3.65. The van der Waals surface area contributed by atoms with Gasteiger partial charge in [-0.25, -0.2) is 24.0 Å². The van der Waals surface area contributed by atoms with Gasteiger partial charge in [0.05, 0.1) is 5.56 Å². The van der Waals surface area contributed by atoms with Gasteiger partial charge in [-0.15, -0.1) is 0 Å². The van der Waals surface area contributed by atoms with Crippen LogP contribution in [0.25, 0.3) is 5.52 Å². The van der Waals surface area contributed by atoms with E-state index < -0.39 is 24.8 Å². The molecule has 204 valence electrons. The second-order valence-electron chi connectivity index (χ2n) is 8.12. The summed E-state index contributed by atoms with van der Waals surface area (Å²) in [4.78, 5) is 64.9. The number of carbonyl (C=O) groups is 5. The standard InChI is InChI=1S/C26H28N6O7/c1-5-27-24(35)19-13-32-22(17(19)4)23(28-14-29-32)30-20-12-18(10-9-16(20)3)25(36)31(6-2)26(37)39-15-38-21(34)8-7-11-33/h7-14H,5-6,15H2,1-4H3,(H,27,35)(H,28,29,30)/b8-7+. The van der Waals surface area contributed by atoms with Crippen LogP contribution in [0.15, 0.2) is 42.9 Å². The summed E-state index contributed by atoms with van der Waals surface area (Å²) >= 11 is 0. The molecule has 0 aliphatic carbocycles. The highest BCUT2D eigenvalue weighted by Gasteiger charge is 2.24. The number of fused-ring (bicyclic) bond motifs is 1. The van der Waals surface area contributed by atoms with Gasteiger partial charge >= 0.3 is 12.1 Å². The van der Waals surface area contributed by atoms with E-state index in [0.717, 1.165) is 22.6 Å². The molecule has 1 aromatic carbocycles. The Balaban J connectivity index is 1.82. The molecule has 2 N–H and O–H groups in total. The SMILES string of the molecule is CCNC(=O)c1cn2ncnc(Nc3cc(C(=O)N(CC)C(=O)OCOC(=O)/C=C/C=O)ccc3C)c2c1C. The van der Waals surface area contributed by atoms with Gasteiger partial charge in [0.2, 0.25) is 6.79 Å². The Labute approximate surface area is 223 Å². The molecule has 0 saturated heterocycles. The number of benzene rings is 1. The molecule has 0 saturated carbocycles. The average molecular weight is 537 g/mol. The number of hydrogen-bond acceptors (Lipinski definition) is 10. The monoisotopic (exact) mass is 536 g/mol. The summed E-state index contributed by atoms with van der Waals surface area (Å²) in [6.45, 7) is 6.78. The van der Waals surface area contributed by atoms with Gasteiger partial charge in [-0.2, -0.15) is 5.10 Å². The Morgan fingerprint density at radius 1 is 1.13 bits per heavy atom. The van der Waals surface area contributed by atoms with Gasteiger partial charge in [-0.05, 0) is 57.0 Å². The van der Waals surface area contributed by atoms with E-state index in [4.69, 9.17) is 4.74 Å². The summed E-state index contributed by atoms with van der Waals surface area (Å²) < 4.78 is 11.1. The van der Waals surface area contributed by atoms with Crippen LogP contribution in [0.5, 0.6) is 0 Å². The third kappa shape index (κ3) is 6.63. The van der Waals surface area contributed by atoms with Gasteiger partial charge in [0.25, 0.3) is 11.8 Å². The number of nitrogens with one attached hydrogen (secondary N) is 2.